The molecule has 0 radical (unpaired) electrons. The Balaban J connectivity index is 0.000000720. The van der Waals surface area contributed by atoms with Crippen molar-refractivity contribution < 1.29 is 0 Å². The van der Waals surface area contributed by atoms with Gasteiger partial charge in [-0.25, -0.2) is 0 Å². The van der Waals surface area contributed by atoms with Gasteiger partial charge in [0.25, 0.3) is 0 Å². The number of aromatic nitrogens is 1. The van der Waals surface area contributed by atoms with Gasteiger partial charge in [0, 0.05) is 18.1 Å². The average Bonchev–Trinajstić information content (AvgIpc) is 2.60. The van der Waals surface area contributed by atoms with Crippen molar-refractivity contribution >= 4 is 29.3 Å². The van der Waals surface area contributed by atoms with Gasteiger partial charge in [-0.1, -0.05) is 0 Å². The maximum atomic E-state index is 4.12. The second-order valence-corrected chi connectivity index (χ2v) is 2.33. The maximum absolute atomic E-state index is 4.12. The summed E-state index contributed by atoms with van der Waals surface area (Å²) in [5, 5.41) is 0. The van der Waals surface area contributed by atoms with Crippen LogP contribution in [0.3, 0.4) is 0 Å². The molecule has 0 spiro atoms. The number of H-pyrrole nitrogens is 1. The number of aliphatic imine (C=N–C) groups is 1. The standard InChI is InChI=1S/C9H8N2.BrH/c1-3-8(10-5-1)7-9-4-2-6-11-9;/h1-7,10H;1H/b9-7+;. The average molecular weight is 225 g/mol. The number of rotatable bonds is 1. The van der Waals surface area contributed by atoms with E-state index in [2.05, 4.69) is 9.98 Å². The zero-order valence-corrected chi connectivity index (χ0v) is 8.11. The first-order valence-corrected chi connectivity index (χ1v) is 3.51. The first-order chi connectivity index (χ1) is 5.45. The predicted octanol–water partition coefficient (Wildman–Crippen LogP) is 2.57. The number of allylic oxidation sites excluding steroid dienone is 2. The van der Waals surface area contributed by atoms with Gasteiger partial charge in [-0.15, -0.1) is 17.0 Å². The van der Waals surface area contributed by atoms with Gasteiger partial charge in [0.05, 0.1) is 5.70 Å². The van der Waals surface area contributed by atoms with Gasteiger partial charge in [0.2, 0.25) is 0 Å². The molecule has 0 aromatic carbocycles. The molecule has 0 bridgehead atoms. The topological polar surface area (TPSA) is 28.1 Å². The van der Waals surface area contributed by atoms with Crippen LogP contribution in [0.5, 0.6) is 0 Å². The Bertz CT molecular complexity index is 306. The normalized spacial score (nSPS) is 16.8. The Morgan fingerprint density at radius 3 is 2.92 bits per heavy atom. The Morgan fingerprint density at radius 2 is 2.33 bits per heavy atom. The zero-order chi connectivity index (χ0) is 7.52. The maximum Gasteiger partial charge on any atom is 0.0650 e. The van der Waals surface area contributed by atoms with Crippen LogP contribution in [0.4, 0.5) is 0 Å². The summed E-state index contributed by atoms with van der Waals surface area (Å²) in [4.78, 5) is 7.20. The van der Waals surface area contributed by atoms with Crippen molar-refractivity contribution in [3.63, 3.8) is 0 Å². The van der Waals surface area contributed by atoms with Crippen LogP contribution in [0.1, 0.15) is 5.69 Å². The van der Waals surface area contributed by atoms with Gasteiger partial charge in [0.1, 0.15) is 0 Å². The summed E-state index contributed by atoms with van der Waals surface area (Å²) < 4.78 is 0. The van der Waals surface area contributed by atoms with Crippen LogP contribution in [-0.4, -0.2) is 11.2 Å². The van der Waals surface area contributed by atoms with Crippen molar-refractivity contribution in [1.82, 2.24) is 4.98 Å². The van der Waals surface area contributed by atoms with E-state index >= 15 is 0 Å². The van der Waals surface area contributed by atoms with E-state index < -0.39 is 0 Å². The van der Waals surface area contributed by atoms with E-state index in [4.69, 9.17) is 0 Å². The molecule has 1 aromatic heterocycles. The SMILES string of the molecule is Br.C1=C/C(=C\c2ccc[nH]2)N=C1. The highest BCUT2D eigenvalue weighted by Crippen LogP contribution is 2.09. The first kappa shape index (κ1) is 9.00. The molecule has 0 fully saturated rings. The molecule has 0 saturated carbocycles. The van der Waals surface area contributed by atoms with Crippen molar-refractivity contribution in [2.75, 3.05) is 0 Å². The van der Waals surface area contributed by atoms with Crippen LogP contribution in [0.15, 0.2) is 41.2 Å². The second-order valence-electron chi connectivity index (χ2n) is 2.33. The van der Waals surface area contributed by atoms with Crippen LogP contribution < -0.4 is 0 Å². The molecule has 0 saturated heterocycles. The molecule has 0 amide bonds. The molecule has 2 heterocycles. The van der Waals surface area contributed by atoms with Crippen LogP contribution in [0, 0.1) is 0 Å². The van der Waals surface area contributed by atoms with Crippen molar-refractivity contribution in [1.29, 1.82) is 0 Å². The van der Waals surface area contributed by atoms with Gasteiger partial charge in [-0.3, -0.25) is 4.99 Å². The Morgan fingerprint density at radius 1 is 1.42 bits per heavy atom. The van der Waals surface area contributed by atoms with Gasteiger partial charge in [-0.2, -0.15) is 0 Å². The third-order valence-corrected chi connectivity index (χ3v) is 1.50. The van der Waals surface area contributed by atoms with Crippen LogP contribution in [-0.2, 0) is 0 Å². The molecule has 62 valence electrons. The van der Waals surface area contributed by atoms with Crippen LogP contribution >= 0.6 is 17.0 Å². The molecule has 3 heteroatoms. The van der Waals surface area contributed by atoms with Crippen molar-refractivity contribution in [2.24, 2.45) is 4.99 Å². The lowest BCUT2D eigenvalue weighted by Gasteiger charge is -1.86. The van der Waals surface area contributed by atoms with E-state index in [-0.39, 0.29) is 17.0 Å². The monoisotopic (exact) mass is 224 g/mol. The number of aromatic amines is 1. The number of nitrogens with one attached hydrogen (secondary N) is 1. The lowest BCUT2D eigenvalue weighted by atomic mass is 10.3. The highest BCUT2D eigenvalue weighted by atomic mass is 79.9. The molecule has 0 aliphatic carbocycles. The molecule has 0 unspecified atom stereocenters. The molecular weight excluding hydrogens is 216 g/mol. The Labute approximate surface area is 81.5 Å². The minimum atomic E-state index is 0. The minimum Gasteiger partial charge on any atom is -0.362 e. The quantitative estimate of drug-likeness (QED) is 0.760. The fourth-order valence-electron chi connectivity index (χ4n) is 0.992. The predicted molar refractivity (Wildman–Crippen MR) is 56.7 cm³/mol. The van der Waals surface area contributed by atoms with Gasteiger partial charge >= 0.3 is 0 Å². The van der Waals surface area contributed by atoms with E-state index in [1.54, 1.807) is 6.21 Å². The number of halogens is 1. The fourth-order valence-corrected chi connectivity index (χ4v) is 0.992. The lowest BCUT2D eigenvalue weighted by molar-refractivity contribution is 1.36. The highest BCUT2D eigenvalue weighted by molar-refractivity contribution is 8.93. The van der Waals surface area contributed by atoms with Gasteiger partial charge in [-0.05, 0) is 30.4 Å². The molecule has 1 aliphatic rings. The largest absolute Gasteiger partial charge is 0.362 e. The first-order valence-electron chi connectivity index (χ1n) is 3.51. The molecule has 1 N–H and O–H groups in total. The summed E-state index contributed by atoms with van der Waals surface area (Å²) >= 11 is 0. The van der Waals surface area contributed by atoms with Crippen molar-refractivity contribution in [3.8, 4) is 0 Å². The number of hydrogen-bond acceptors (Lipinski definition) is 1. The third kappa shape index (κ3) is 1.95. The van der Waals surface area contributed by atoms with Crippen LogP contribution in [0.2, 0.25) is 0 Å². The summed E-state index contributed by atoms with van der Waals surface area (Å²) in [6.45, 7) is 0. The summed E-state index contributed by atoms with van der Waals surface area (Å²) in [5.41, 5.74) is 2.08. The van der Waals surface area contributed by atoms with Crippen molar-refractivity contribution in [3.05, 3.63) is 41.9 Å². The zero-order valence-electron chi connectivity index (χ0n) is 6.40. The molecule has 2 nitrogen and oxygen atoms in total. The number of nitrogens with zero attached hydrogens (tertiary/aromatic N) is 1. The molecule has 12 heavy (non-hydrogen) atoms. The van der Waals surface area contributed by atoms with Crippen LogP contribution in [0.25, 0.3) is 6.08 Å². The summed E-state index contributed by atoms with van der Waals surface area (Å²) in [6.07, 6.45) is 9.58. The molecule has 2 rings (SSSR count). The van der Waals surface area contributed by atoms with E-state index in [0.29, 0.717) is 0 Å². The molecule has 0 atom stereocenters. The molecule has 1 aromatic rings. The fraction of sp³-hybridized carbons (Fsp3) is 0. The van der Waals surface area contributed by atoms with Gasteiger partial charge in [0.15, 0.2) is 0 Å². The second kappa shape index (κ2) is 4.07. The molecule has 1 aliphatic heterocycles. The lowest BCUT2D eigenvalue weighted by Crippen LogP contribution is -1.70. The highest BCUT2D eigenvalue weighted by Gasteiger charge is 1.93. The van der Waals surface area contributed by atoms with Gasteiger partial charge < -0.3 is 4.98 Å². The summed E-state index contributed by atoms with van der Waals surface area (Å²) in [6, 6.07) is 3.98. The Hall–Kier alpha value is -1.09. The number of hydrogen-bond donors (Lipinski definition) is 1. The molecular formula is C9H9BrN2. The third-order valence-electron chi connectivity index (χ3n) is 1.50. The minimum absolute atomic E-state index is 0. The smallest absolute Gasteiger partial charge is 0.0650 e. The van der Waals surface area contributed by atoms with E-state index in [9.17, 15) is 0 Å². The van der Waals surface area contributed by atoms with Crippen molar-refractivity contribution in [2.45, 2.75) is 0 Å². The Kier molecular flexibility index (Phi) is 3.05. The summed E-state index contributed by atoms with van der Waals surface area (Å²) in [7, 11) is 0. The van der Waals surface area contributed by atoms with E-state index in [1.165, 1.54) is 0 Å². The van der Waals surface area contributed by atoms with E-state index in [1.807, 2.05) is 36.6 Å². The summed E-state index contributed by atoms with van der Waals surface area (Å²) in [5.74, 6) is 0. The van der Waals surface area contributed by atoms with E-state index in [0.717, 1.165) is 11.4 Å².